The van der Waals surface area contributed by atoms with Crippen molar-refractivity contribution >= 4 is 6.21 Å². The highest BCUT2D eigenvalue weighted by molar-refractivity contribution is 5.55. The Bertz CT molecular complexity index is 224. The van der Waals surface area contributed by atoms with Crippen molar-refractivity contribution in [2.45, 2.75) is 34.1 Å². The molecule has 0 aromatic heterocycles. The number of halogens is 1. The minimum absolute atomic E-state index is 0.389. The van der Waals surface area contributed by atoms with Crippen LogP contribution in [0.1, 0.15) is 34.1 Å². The van der Waals surface area contributed by atoms with Crippen molar-refractivity contribution in [1.29, 1.82) is 0 Å². The summed E-state index contributed by atoms with van der Waals surface area (Å²) in [5.74, 6) is -0.389. The molecule has 0 rings (SSSR count). The fraction of sp³-hybridized carbons (Fsp3) is 0.500. The standard InChI is InChI=1S/C10H16FN/c1-5-7-8(3)9(4)10(11)12-6-2/h6-7H,5H2,1-4H3/b8-7+,10-9+,12-6-. The predicted molar refractivity (Wildman–Crippen MR) is 52.0 cm³/mol. The second-order valence-corrected chi connectivity index (χ2v) is 2.60. The predicted octanol–water partition coefficient (Wildman–Crippen LogP) is 3.63. The van der Waals surface area contributed by atoms with Crippen molar-refractivity contribution in [2.24, 2.45) is 4.99 Å². The summed E-state index contributed by atoms with van der Waals surface area (Å²) < 4.78 is 13.0. The van der Waals surface area contributed by atoms with Crippen molar-refractivity contribution < 1.29 is 4.39 Å². The highest BCUT2D eigenvalue weighted by Crippen LogP contribution is 2.16. The second kappa shape index (κ2) is 5.70. The lowest BCUT2D eigenvalue weighted by molar-refractivity contribution is 0.618. The zero-order valence-electron chi connectivity index (χ0n) is 8.19. The lowest BCUT2D eigenvalue weighted by atomic mass is 10.1. The Labute approximate surface area is 73.7 Å². The van der Waals surface area contributed by atoms with Crippen LogP contribution in [0.4, 0.5) is 4.39 Å². The molecule has 0 aliphatic carbocycles. The zero-order valence-corrected chi connectivity index (χ0v) is 8.19. The lowest BCUT2D eigenvalue weighted by Crippen LogP contribution is -1.83. The first kappa shape index (κ1) is 11.1. The number of hydrogen-bond donors (Lipinski definition) is 0. The molecule has 2 heteroatoms. The normalized spacial score (nSPS) is 15.2. The van der Waals surface area contributed by atoms with Gasteiger partial charge in [-0.1, -0.05) is 13.0 Å². The minimum atomic E-state index is -0.389. The third-order valence-electron chi connectivity index (χ3n) is 1.65. The Hall–Kier alpha value is -0.920. The summed E-state index contributed by atoms with van der Waals surface area (Å²) in [4.78, 5) is 3.57. The number of hydrogen-bond acceptors (Lipinski definition) is 1. The topological polar surface area (TPSA) is 12.4 Å². The molecule has 1 nitrogen and oxygen atoms in total. The first-order chi connectivity index (χ1) is 5.63. The Morgan fingerprint density at radius 2 is 2.00 bits per heavy atom. The lowest BCUT2D eigenvalue weighted by Gasteiger charge is -2.00. The van der Waals surface area contributed by atoms with Crippen LogP contribution in [-0.2, 0) is 0 Å². The van der Waals surface area contributed by atoms with Crippen LogP contribution in [0.25, 0.3) is 0 Å². The molecule has 0 saturated carbocycles. The van der Waals surface area contributed by atoms with E-state index in [1.807, 2.05) is 19.9 Å². The molecule has 0 bridgehead atoms. The first-order valence-corrected chi connectivity index (χ1v) is 4.15. The van der Waals surface area contributed by atoms with Gasteiger partial charge in [-0.25, -0.2) is 4.99 Å². The van der Waals surface area contributed by atoms with Crippen LogP contribution < -0.4 is 0 Å². The monoisotopic (exact) mass is 169 g/mol. The Morgan fingerprint density at radius 1 is 1.42 bits per heavy atom. The number of aliphatic imine (C=N–C) groups is 1. The van der Waals surface area contributed by atoms with Gasteiger partial charge in [0.05, 0.1) is 0 Å². The van der Waals surface area contributed by atoms with E-state index in [0.717, 1.165) is 12.0 Å². The fourth-order valence-corrected chi connectivity index (χ4v) is 0.832. The van der Waals surface area contributed by atoms with Gasteiger partial charge in [0.2, 0.25) is 5.95 Å². The van der Waals surface area contributed by atoms with Crippen LogP contribution in [0, 0.1) is 0 Å². The van der Waals surface area contributed by atoms with Gasteiger partial charge in [0.1, 0.15) is 0 Å². The quantitative estimate of drug-likeness (QED) is 0.347. The Kier molecular flexibility index (Phi) is 5.26. The molecule has 0 aliphatic heterocycles. The highest BCUT2D eigenvalue weighted by atomic mass is 19.1. The molecule has 68 valence electrons. The SMILES string of the molecule is C\C=N/C(F)=C(C)/C(C)=C/CC. The third-order valence-corrected chi connectivity index (χ3v) is 1.65. The number of allylic oxidation sites excluding steroid dienone is 3. The van der Waals surface area contributed by atoms with E-state index in [4.69, 9.17) is 0 Å². The van der Waals surface area contributed by atoms with Crippen LogP contribution in [0.3, 0.4) is 0 Å². The molecule has 0 fully saturated rings. The van der Waals surface area contributed by atoms with E-state index in [9.17, 15) is 4.39 Å². The maximum absolute atomic E-state index is 13.0. The van der Waals surface area contributed by atoms with Crippen LogP contribution in [0.5, 0.6) is 0 Å². The molecular weight excluding hydrogens is 153 g/mol. The first-order valence-electron chi connectivity index (χ1n) is 4.15. The molecule has 0 saturated heterocycles. The van der Waals surface area contributed by atoms with Crippen LogP contribution in [0.2, 0.25) is 0 Å². The fourth-order valence-electron chi connectivity index (χ4n) is 0.832. The molecule has 0 atom stereocenters. The molecule has 0 amide bonds. The molecule has 0 radical (unpaired) electrons. The smallest absolute Gasteiger partial charge is 0.215 e. The second-order valence-electron chi connectivity index (χ2n) is 2.60. The van der Waals surface area contributed by atoms with Crippen molar-refractivity contribution in [3.05, 3.63) is 23.2 Å². The van der Waals surface area contributed by atoms with E-state index in [2.05, 4.69) is 4.99 Å². The van der Waals surface area contributed by atoms with Crippen LogP contribution in [0.15, 0.2) is 28.2 Å². The molecule has 0 aromatic rings. The molecule has 0 aromatic carbocycles. The summed E-state index contributed by atoms with van der Waals surface area (Å²) in [7, 11) is 0. The van der Waals surface area contributed by atoms with Gasteiger partial charge in [0, 0.05) is 11.8 Å². The largest absolute Gasteiger partial charge is 0.233 e. The van der Waals surface area contributed by atoms with E-state index in [1.54, 1.807) is 13.8 Å². The molecule has 0 unspecified atom stereocenters. The highest BCUT2D eigenvalue weighted by Gasteiger charge is 1.99. The maximum atomic E-state index is 13.0. The average Bonchev–Trinajstić information content (AvgIpc) is 2.04. The van der Waals surface area contributed by atoms with E-state index < -0.39 is 0 Å². The van der Waals surface area contributed by atoms with Gasteiger partial charge in [0.15, 0.2) is 0 Å². The summed E-state index contributed by atoms with van der Waals surface area (Å²) in [6.07, 6.45) is 4.37. The number of rotatable bonds is 3. The average molecular weight is 169 g/mol. The minimum Gasteiger partial charge on any atom is -0.233 e. The summed E-state index contributed by atoms with van der Waals surface area (Å²) in [5.41, 5.74) is 1.58. The van der Waals surface area contributed by atoms with E-state index >= 15 is 0 Å². The van der Waals surface area contributed by atoms with Crippen molar-refractivity contribution in [3.63, 3.8) is 0 Å². The van der Waals surface area contributed by atoms with Gasteiger partial charge in [-0.3, -0.25) is 0 Å². The number of nitrogens with zero attached hydrogens (tertiary/aromatic N) is 1. The van der Waals surface area contributed by atoms with E-state index in [1.165, 1.54) is 6.21 Å². The van der Waals surface area contributed by atoms with E-state index in [0.29, 0.717) is 5.57 Å². The van der Waals surface area contributed by atoms with Crippen LogP contribution in [-0.4, -0.2) is 6.21 Å². The summed E-state index contributed by atoms with van der Waals surface area (Å²) in [6, 6.07) is 0. The van der Waals surface area contributed by atoms with Crippen molar-refractivity contribution in [3.8, 4) is 0 Å². The van der Waals surface area contributed by atoms with Gasteiger partial charge in [-0.2, -0.15) is 4.39 Å². The van der Waals surface area contributed by atoms with E-state index in [-0.39, 0.29) is 5.95 Å². The van der Waals surface area contributed by atoms with Gasteiger partial charge in [0.25, 0.3) is 0 Å². The summed E-state index contributed by atoms with van der Waals surface area (Å²) in [5, 5.41) is 0. The van der Waals surface area contributed by atoms with Gasteiger partial charge < -0.3 is 0 Å². The van der Waals surface area contributed by atoms with Gasteiger partial charge >= 0.3 is 0 Å². The van der Waals surface area contributed by atoms with Crippen LogP contribution >= 0.6 is 0 Å². The molecule has 0 aliphatic rings. The zero-order chi connectivity index (χ0) is 9.56. The molecule has 12 heavy (non-hydrogen) atoms. The third kappa shape index (κ3) is 3.46. The molecular formula is C10H16FN. The molecule has 0 N–H and O–H groups in total. The van der Waals surface area contributed by atoms with Gasteiger partial charge in [-0.15, -0.1) is 0 Å². The summed E-state index contributed by atoms with van der Waals surface area (Å²) in [6.45, 7) is 7.36. The maximum Gasteiger partial charge on any atom is 0.215 e. The Balaban J connectivity index is 4.65. The molecule has 0 spiro atoms. The van der Waals surface area contributed by atoms with Crippen molar-refractivity contribution in [2.75, 3.05) is 0 Å². The van der Waals surface area contributed by atoms with Crippen molar-refractivity contribution in [1.82, 2.24) is 0 Å². The Morgan fingerprint density at radius 3 is 2.42 bits per heavy atom. The summed E-state index contributed by atoms with van der Waals surface area (Å²) >= 11 is 0. The van der Waals surface area contributed by atoms with Gasteiger partial charge in [-0.05, 0) is 32.8 Å². The molecule has 0 heterocycles.